The van der Waals surface area contributed by atoms with Crippen LogP contribution < -0.4 is 10.1 Å². The fourth-order valence-electron chi connectivity index (χ4n) is 2.00. The lowest BCUT2D eigenvalue weighted by atomic mass is 10.1. The summed E-state index contributed by atoms with van der Waals surface area (Å²) in [5.41, 5.74) is 1.54. The highest BCUT2D eigenvalue weighted by molar-refractivity contribution is 5.95. The molecule has 0 aliphatic heterocycles. The average Bonchev–Trinajstić information content (AvgIpc) is 2.90. The zero-order valence-electron chi connectivity index (χ0n) is 12.7. The predicted molar refractivity (Wildman–Crippen MR) is 79.8 cm³/mol. The Labute approximate surface area is 131 Å². The molecule has 2 rings (SSSR count). The Morgan fingerprint density at radius 3 is 2.83 bits per heavy atom. The number of alkyl halides is 2. The van der Waals surface area contributed by atoms with Crippen molar-refractivity contribution in [3.05, 3.63) is 53.4 Å². The van der Waals surface area contributed by atoms with E-state index >= 15 is 0 Å². The Kier molecular flexibility index (Phi) is 5.46. The summed E-state index contributed by atoms with van der Waals surface area (Å²) in [5, 5.41) is 6.40. The van der Waals surface area contributed by atoms with Crippen LogP contribution in [0.3, 0.4) is 0 Å². The molecule has 0 aliphatic rings. The largest absolute Gasteiger partial charge is 0.434 e. The van der Waals surface area contributed by atoms with Crippen LogP contribution in [0.25, 0.3) is 5.57 Å². The van der Waals surface area contributed by atoms with Crippen molar-refractivity contribution >= 4 is 11.5 Å². The number of nitrogens with zero attached hydrogens (tertiary/aromatic N) is 1. The van der Waals surface area contributed by atoms with E-state index in [9.17, 15) is 13.6 Å². The lowest BCUT2D eigenvalue weighted by Gasteiger charge is -2.10. The van der Waals surface area contributed by atoms with Crippen molar-refractivity contribution < 1.29 is 22.8 Å². The number of nitrogens with one attached hydrogen (secondary N) is 1. The summed E-state index contributed by atoms with van der Waals surface area (Å²) in [6, 6.07) is 8.01. The predicted octanol–water partition coefficient (Wildman–Crippen LogP) is 3.30. The van der Waals surface area contributed by atoms with Gasteiger partial charge in [0, 0.05) is 17.7 Å². The summed E-state index contributed by atoms with van der Waals surface area (Å²) in [6.07, 6.45) is 1.32. The van der Waals surface area contributed by atoms with Gasteiger partial charge in [-0.1, -0.05) is 23.4 Å². The Morgan fingerprint density at radius 2 is 2.17 bits per heavy atom. The first-order valence-electron chi connectivity index (χ1n) is 6.88. The molecule has 0 radical (unpaired) electrons. The molecule has 0 spiro atoms. The number of carbonyl (C=O) groups is 1. The van der Waals surface area contributed by atoms with Crippen molar-refractivity contribution in [1.82, 2.24) is 10.5 Å². The number of carbonyl (C=O) groups excluding carboxylic acids is 1. The molecule has 0 bridgehead atoms. The van der Waals surface area contributed by atoms with Gasteiger partial charge >= 0.3 is 6.61 Å². The number of amides is 1. The fourth-order valence-corrected chi connectivity index (χ4v) is 2.00. The molecule has 1 aromatic heterocycles. The molecule has 122 valence electrons. The molecular weight excluding hydrogens is 306 g/mol. The lowest BCUT2D eigenvalue weighted by molar-refractivity contribution is -0.116. The molecule has 7 heteroatoms. The summed E-state index contributed by atoms with van der Waals surface area (Å²) in [6.45, 7) is 0.693. The first-order chi connectivity index (χ1) is 11.0. The Hall–Kier alpha value is -2.70. The number of ether oxygens (including phenoxy) is 1. The minimum atomic E-state index is -2.92. The molecular formula is C16H16F2N2O3. The standard InChI is InChI=1S/C16H16F2N2O3/c1-10(13-5-3-4-6-14(13)22-16(17)18)7-15(21)19-9-12-8-11(2)23-20-12/h3-8,16H,9H2,1-2H3,(H,19,21). The lowest BCUT2D eigenvalue weighted by Crippen LogP contribution is -2.20. The number of aromatic nitrogens is 1. The van der Waals surface area contributed by atoms with Crippen molar-refractivity contribution in [2.45, 2.75) is 27.0 Å². The van der Waals surface area contributed by atoms with Crippen LogP contribution in [0.1, 0.15) is 23.9 Å². The van der Waals surface area contributed by atoms with Crippen LogP contribution in [0.4, 0.5) is 8.78 Å². The second-order valence-electron chi connectivity index (χ2n) is 4.85. The van der Waals surface area contributed by atoms with E-state index in [2.05, 4.69) is 15.2 Å². The van der Waals surface area contributed by atoms with Crippen molar-refractivity contribution in [3.63, 3.8) is 0 Å². The summed E-state index contributed by atoms with van der Waals surface area (Å²) in [4.78, 5) is 11.9. The van der Waals surface area contributed by atoms with Crippen LogP contribution in [-0.2, 0) is 11.3 Å². The first kappa shape index (κ1) is 16.7. The van der Waals surface area contributed by atoms with Crippen molar-refractivity contribution in [1.29, 1.82) is 0 Å². The van der Waals surface area contributed by atoms with E-state index < -0.39 is 6.61 Å². The highest BCUT2D eigenvalue weighted by Crippen LogP contribution is 2.26. The van der Waals surface area contributed by atoms with E-state index in [0.29, 0.717) is 22.6 Å². The highest BCUT2D eigenvalue weighted by Gasteiger charge is 2.11. The summed E-state index contributed by atoms with van der Waals surface area (Å²) in [7, 11) is 0. The number of para-hydroxylation sites is 1. The highest BCUT2D eigenvalue weighted by atomic mass is 19.3. The maximum atomic E-state index is 12.4. The normalized spacial score (nSPS) is 11.6. The van der Waals surface area contributed by atoms with Gasteiger partial charge in [0.15, 0.2) is 0 Å². The molecule has 0 unspecified atom stereocenters. The molecule has 0 fully saturated rings. The SMILES string of the molecule is CC(=CC(=O)NCc1cc(C)on1)c1ccccc1OC(F)F. The molecule has 0 saturated heterocycles. The van der Waals surface area contributed by atoms with Gasteiger partial charge in [0.2, 0.25) is 5.91 Å². The van der Waals surface area contributed by atoms with E-state index in [1.54, 1.807) is 38.1 Å². The molecule has 1 amide bonds. The Morgan fingerprint density at radius 1 is 1.43 bits per heavy atom. The van der Waals surface area contributed by atoms with E-state index in [1.807, 2.05) is 0 Å². The van der Waals surface area contributed by atoms with E-state index in [4.69, 9.17) is 4.52 Å². The van der Waals surface area contributed by atoms with Gasteiger partial charge in [-0.15, -0.1) is 0 Å². The van der Waals surface area contributed by atoms with Gasteiger partial charge in [-0.2, -0.15) is 8.78 Å². The number of benzene rings is 1. The molecule has 2 aromatic rings. The number of aryl methyl sites for hydroxylation is 1. The van der Waals surface area contributed by atoms with Gasteiger partial charge in [0.1, 0.15) is 17.2 Å². The number of hydrogen-bond acceptors (Lipinski definition) is 4. The molecule has 1 N–H and O–H groups in total. The quantitative estimate of drug-likeness (QED) is 0.829. The Balaban J connectivity index is 2.05. The molecule has 1 heterocycles. The zero-order chi connectivity index (χ0) is 16.8. The third-order valence-electron chi connectivity index (χ3n) is 3.00. The maximum absolute atomic E-state index is 12.4. The smallest absolute Gasteiger partial charge is 0.387 e. The molecule has 5 nitrogen and oxygen atoms in total. The van der Waals surface area contributed by atoms with Crippen molar-refractivity contribution in [2.75, 3.05) is 0 Å². The van der Waals surface area contributed by atoms with Gasteiger partial charge in [-0.3, -0.25) is 4.79 Å². The van der Waals surface area contributed by atoms with Gasteiger partial charge in [-0.25, -0.2) is 0 Å². The van der Waals surface area contributed by atoms with Crippen LogP contribution in [0.15, 0.2) is 40.9 Å². The number of hydrogen-bond donors (Lipinski definition) is 1. The first-order valence-corrected chi connectivity index (χ1v) is 6.88. The zero-order valence-corrected chi connectivity index (χ0v) is 12.7. The number of allylic oxidation sites excluding steroid dienone is 1. The van der Waals surface area contributed by atoms with E-state index in [-0.39, 0.29) is 18.2 Å². The topological polar surface area (TPSA) is 64.4 Å². The van der Waals surface area contributed by atoms with Crippen LogP contribution in [0.2, 0.25) is 0 Å². The second kappa shape index (κ2) is 7.53. The molecule has 0 atom stereocenters. The third kappa shape index (κ3) is 4.91. The van der Waals surface area contributed by atoms with Crippen molar-refractivity contribution in [2.24, 2.45) is 0 Å². The van der Waals surface area contributed by atoms with Gasteiger partial charge in [0.25, 0.3) is 0 Å². The van der Waals surface area contributed by atoms with Crippen LogP contribution >= 0.6 is 0 Å². The summed E-state index contributed by atoms with van der Waals surface area (Å²) in [5.74, 6) is 0.310. The number of halogens is 2. The van der Waals surface area contributed by atoms with Crippen LogP contribution in [0, 0.1) is 6.92 Å². The number of rotatable bonds is 6. The average molecular weight is 322 g/mol. The van der Waals surface area contributed by atoms with Gasteiger partial charge < -0.3 is 14.6 Å². The van der Waals surface area contributed by atoms with E-state index in [0.717, 1.165) is 0 Å². The maximum Gasteiger partial charge on any atom is 0.387 e. The minimum Gasteiger partial charge on any atom is -0.434 e. The third-order valence-corrected chi connectivity index (χ3v) is 3.00. The van der Waals surface area contributed by atoms with Crippen molar-refractivity contribution in [3.8, 4) is 5.75 Å². The molecule has 23 heavy (non-hydrogen) atoms. The fraction of sp³-hybridized carbons (Fsp3) is 0.250. The monoisotopic (exact) mass is 322 g/mol. The summed E-state index contributed by atoms with van der Waals surface area (Å²) >= 11 is 0. The summed E-state index contributed by atoms with van der Waals surface area (Å²) < 4.78 is 34.1. The van der Waals surface area contributed by atoms with E-state index in [1.165, 1.54) is 12.1 Å². The van der Waals surface area contributed by atoms with Gasteiger partial charge in [0.05, 0.1) is 6.54 Å². The second-order valence-corrected chi connectivity index (χ2v) is 4.85. The molecule has 0 saturated carbocycles. The Bertz CT molecular complexity index is 711. The van der Waals surface area contributed by atoms with Crippen LogP contribution in [-0.4, -0.2) is 17.7 Å². The van der Waals surface area contributed by atoms with Crippen LogP contribution in [0.5, 0.6) is 5.75 Å². The van der Waals surface area contributed by atoms with Gasteiger partial charge in [-0.05, 0) is 25.5 Å². The molecule has 1 aromatic carbocycles. The minimum absolute atomic E-state index is 0.0242. The molecule has 0 aliphatic carbocycles.